The zero-order valence-corrected chi connectivity index (χ0v) is 14.4. The van der Waals surface area contributed by atoms with Gasteiger partial charge >= 0.3 is 0 Å². The van der Waals surface area contributed by atoms with Crippen LogP contribution < -0.4 is 20.1 Å². The molecule has 1 amide bonds. The van der Waals surface area contributed by atoms with Gasteiger partial charge in [-0.3, -0.25) is 4.79 Å². The molecule has 132 valence electrons. The normalized spacial score (nSPS) is 14.2. The average Bonchev–Trinajstić information content (AvgIpc) is 3.15. The lowest BCUT2D eigenvalue weighted by Gasteiger charge is -2.13. The lowest BCUT2D eigenvalue weighted by Crippen LogP contribution is -2.33. The molecule has 1 heterocycles. The predicted molar refractivity (Wildman–Crippen MR) is 94.6 cm³/mol. The van der Waals surface area contributed by atoms with Crippen LogP contribution >= 0.6 is 0 Å². The summed E-state index contributed by atoms with van der Waals surface area (Å²) < 4.78 is 10.5. The number of ether oxygens (including phenoxy) is 2. The maximum atomic E-state index is 12.2. The standard InChI is InChI=1S/C18H22N4O3/c1-24-13-7-9-16(25-2)15(11-13)20-17-10-8-14(21-22-17)18(23)19-12-5-3-4-6-12/h7-12H,3-6H2,1-2H3,(H,19,23)(H,20,22). The fourth-order valence-electron chi connectivity index (χ4n) is 2.90. The van der Waals surface area contributed by atoms with Crippen LogP contribution in [0.3, 0.4) is 0 Å². The zero-order chi connectivity index (χ0) is 17.6. The Bertz CT molecular complexity index is 728. The Hall–Kier alpha value is -2.83. The number of nitrogens with zero attached hydrogens (tertiary/aromatic N) is 2. The highest BCUT2D eigenvalue weighted by molar-refractivity contribution is 5.92. The molecule has 25 heavy (non-hydrogen) atoms. The largest absolute Gasteiger partial charge is 0.497 e. The van der Waals surface area contributed by atoms with Gasteiger partial charge in [0.1, 0.15) is 11.5 Å². The van der Waals surface area contributed by atoms with Crippen molar-refractivity contribution in [2.45, 2.75) is 31.7 Å². The van der Waals surface area contributed by atoms with Gasteiger partial charge in [-0.1, -0.05) is 12.8 Å². The summed E-state index contributed by atoms with van der Waals surface area (Å²) in [5, 5.41) is 14.2. The number of hydrogen-bond acceptors (Lipinski definition) is 6. The topological polar surface area (TPSA) is 85.4 Å². The maximum absolute atomic E-state index is 12.2. The minimum Gasteiger partial charge on any atom is -0.497 e. The van der Waals surface area contributed by atoms with E-state index in [1.54, 1.807) is 38.5 Å². The van der Waals surface area contributed by atoms with Crippen LogP contribution in [0.2, 0.25) is 0 Å². The highest BCUT2D eigenvalue weighted by Gasteiger charge is 2.19. The Morgan fingerprint density at radius 2 is 1.88 bits per heavy atom. The molecule has 0 saturated heterocycles. The number of anilines is 2. The van der Waals surface area contributed by atoms with Gasteiger partial charge in [0.05, 0.1) is 19.9 Å². The average molecular weight is 342 g/mol. The van der Waals surface area contributed by atoms with E-state index in [0.717, 1.165) is 12.8 Å². The Kier molecular flexibility index (Phi) is 5.33. The first-order valence-electron chi connectivity index (χ1n) is 8.33. The van der Waals surface area contributed by atoms with E-state index in [4.69, 9.17) is 9.47 Å². The molecule has 3 rings (SSSR count). The van der Waals surface area contributed by atoms with Crippen molar-refractivity contribution in [2.24, 2.45) is 0 Å². The van der Waals surface area contributed by atoms with Crippen molar-refractivity contribution in [3.05, 3.63) is 36.0 Å². The van der Waals surface area contributed by atoms with Crippen LogP contribution in [0.5, 0.6) is 11.5 Å². The zero-order valence-electron chi connectivity index (χ0n) is 14.4. The summed E-state index contributed by atoms with van der Waals surface area (Å²) in [6.07, 6.45) is 4.41. The molecule has 0 unspecified atom stereocenters. The maximum Gasteiger partial charge on any atom is 0.272 e. The summed E-state index contributed by atoms with van der Waals surface area (Å²) in [7, 11) is 3.19. The molecule has 0 spiro atoms. The second-order valence-electron chi connectivity index (χ2n) is 5.95. The molecule has 1 aromatic heterocycles. The molecule has 7 nitrogen and oxygen atoms in total. The van der Waals surface area contributed by atoms with Gasteiger partial charge in [0.15, 0.2) is 11.5 Å². The van der Waals surface area contributed by atoms with E-state index in [1.807, 2.05) is 6.07 Å². The highest BCUT2D eigenvalue weighted by atomic mass is 16.5. The number of rotatable bonds is 6. The van der Waals surface area contributed by atoms with Crippen molar-refractivity contribution in [3.63, 3.8) is 0 Å². The minimum absolute atomic E-state index is 0.176. The monoisotopic (exact) mass is 342 g/mol. The predicted octanol–water partition coefficient (Wildman–Crippen LogP) is 2.91. The Morgan fingerprint density at radius 1 is 1.08 bits per heavy atom. The minimum atomic E-state index is -0.176. The van der Waals surface area contributed by atoms with Crippen LogP contribution in [0.4, 0.5) is 11.5 Å². The van der Waals surface area contributed by atoms with Crippen LogP contribution in [-0.4, -0.2) is 36.4 Å². The van der Waals surface area contributed by atoms with Crippen LogP contribution in [0.25, 0.3) is 0 Å². The number of hydrogen-bond donors (Lipinski definition) is 2. The third-order valence-electron chi connectivity index (χ3n) is 4.26. The van der Waals surface area contributed by atoms with E-state index in [1.165, 1.54) is 12.8 Å². The van der Waals surface area contributed by atoms with Crippen molar-refractivity contribution in [2.75, 3.05) is 19.5 Å². The molecule has 7 heteroatoms. The van der Waals surface area contributed by atoms with Crippen LogP contribution in [0.1, 0.15) is 36.2 Å². The second-order valence-corrected chi connectivity index (χ2v) is 5.95. The number of nitrogens with one attached hydrogen (secondary N) is 2. The molecule has 1 aliphatic carbocycles. The summed E-state index contributed by atoms with van der Waals surface area (Å²) in [6, 6.07) is 9.06. The van der Waals surface area contributed by atoms with Crippen LogP contribution in [0, 0.1) is 0 Å². The molecular weight excluding hydrogens is 320 g/mol. The van der Waals surface area contributed by atoms with Crippen LogP contribution in [0.15, 0.2) is 30.3 Å². The summed E-state index contributed by atoms with van der Waals surface area (Å²) >= 11 is 0. The summed E-state index contributed by atoms with van der Waals surface area (Å²) in [6.45, 7) is 0. The molecule has 1 aromatic carbocycles. The van der Waals surface area contributed by atoms with Gasteiger partial charge in [-0.25, -0.2) is 0 Å². The first-order valence-corrected chi connectivity index (χ1v) is 8.33. The van der Waals surface area contributed by atoms with Gasteiger partial charge in [-0.15, -0.1) is 10.2 Å². The fraction of sp³-hybridized carbons (Fsp3) is 0.389. The van der Waals surface area contributed by atoms with E-state index >= 15 is 0 Å². The van der Waals surface area contributed by atoms with E-state index in [2.05, 4.69) is 20.8 Å². The molecule has 0 atom stereocenters. The van der Waals surface area contributed by atoms with Gasteiger partial charge in [-0.05, 0) is 37.1 Å². The molecule has 1 saturated carbocycles. The number of benzene rings is 1. The number of carbonyl (C=O) groups is 1. The number of aromatic nitrogens is 2. The molecule has 0 aliphatic heterocycles. The van der Waals surface area contributed by atoms with Gasteiger partial charge in [-0.2, -0.15) is 0 Å². The van der Waals surface area contributed by atoms with Gasteiger partial charge in [0, 0.05) is 12.1 Å². The summed E-state index contributed by atoms with van der Waals surface area (Å²) in [5.41, 5.74) is 1.02. The van der Waals surface area contributed by atoms with Crippen molar-refractivity contribution in [1.82, 2.24) is 15.5 Å². The highest BCUT2D eigenvalue weighted by Crippen LogP contribution is 2.30. The van der Waals surface area contributed by atoms with E-state index in [9.17, 15) is 4.79 Å². The molecule has 2 aromatic rings. The third-order valence-corrected chi connectivity index (χ3v) is 4.26. The Morgan fingerprint density at radius 3 is 2.52 bits per heavy atom. The molecule has 2 N–H and O–H groups in total. The number of methoxy groups -OCH3 is 2. The molecule has 1 fully saturated rings. The molecule has 1 aliphatic rings. The number of amides is 1. The van der Waals surface area contributed by atoms with Gasteiger partial charge in [0.2, 0.25) is 0 Å². The lowest BCUT2D eigenvalue weighted by atomic mass is 10.2. The van der Waals surface area contributed by atoms with Crippen molar-refractivity contribution >= 4 is 17.4 Å². The Labute approximate surface area is 146 Å². The second kappa shape index (κ2) is 7.83. The smallest absolute Gasteiger partial charge is 0.272 e. The SMILES string of the molecule is COc1ccc(OC)c(Nc2ccc(C(=O)NC3CCCC3)nn2)c1. The van der Waals surface area contributed by atoms with E-state index in [-0.39, 0.29) is 11.9 Å². The lowest BCUT2D eigenvalue weighted by molar-refractivity contribution is 0.0932. The van der Waals surface area contributed by atoms with E-state index < -0.39 is 0 Å². The third kappa shape index (κ3) is 4.17. The fourth-order valence-corrected chi connectivity index (χ4v) is 2.90. The number of carbonyl (C=O) groups excluding carboxylic acids is 1. The molecular formula is C18H22N4O3. The van der Waals surface area contributed by atoms with Crippen LogP contribution in [-0.2, 0) is 0 Å². The molecule has 0 bridgehead atoms. The summed E-state index contributed by atoms with van der Waals surface area (Å²) in [4.78, 5) is 12.2. The van der Waals surface area contributed by atoms with E-state index in [0.29, 0.717) is 28.7 Å². The van der Waals surface area contributed by atoms with Crippen molar-refractivity contribution < 1.29 is 14.3 Å². The quantitative estimate of drug-likeness (QED) is 0.839. The van der Waals surface area contributed by atoms with Crippen molar-refractivity contribution in [1.29, 1.82) is 0 Å². The first-order chi connectivity index (χ1) is 12.2. The molecule has 0 radical (unpaired) electrons. The van der Waals surface area contributed by atoms with Crippen molar-refractivity contribution in [3.8, 4) is 11.5 Å². The van der Waals surface area contributed by atoms with Gasteiger partial charge in [0.25, 0.3) is 5.91 Å². The first kappa shape index (κ1) is 17.0. The van der Waals surface area contributed by atoms with Gasteiger partial charge < -0.3 is 20.1 Å². The Balaban J connectivity index is 1.69. The summed E-state index contributed by atoms with van der Waals surface area (Å²) in [5.74, 6) is 1.70.